The summed E-state index contributed by atoms with van der Waals surface area (Å²) in [5.41, 5.74) is 0.216. The summed E-state index contributed by atoms with van der Waals surface area (Å²) >= 11 is 0. The molecule has 3 N–H and O–H groups in total. The lowest BCUT2D eigenvalue weighted by Gasteiger charge is -2.17. The van der Waals surface area contributed by atoms with Crippen LogP contribution in [0.4, 0.5) is 0 Å². The summed E-state index contributed by atoms with van der Waals surface area (Å²) in [6.07, 6.45) is 5.62. The molecule has 0 spiro atoms. The van der Waals surface area contributed by atoms with Crippen LogP contribution in [0.1, 0.15) is 30.6 Å². The van der Waals surface area contributed by atoms with Crippen LogP contribution in [0.15, 0.2) is 35.3 Å². The molecule has 30 heavy (non-hydrogen) atoms. The molecule has 0 heterocycles. The number of carbonyl (C=O) groups excluding carboxylic acids is 1. The van der Waals surface area contributed by atoms with Crippen molar-refractivity contribution in [3.8, 4) is 17.2 Å². The van der Waals surface area contributed by atoms with Crippen molar-refractivity contribution in [3.05, 3.63) is 40.8 Å². The third-order valence-corrected chi connectivity index (χ3v) is 7.00. The predicted octanol–water partition coefficient (Wildman–Crippen LogP) is 2.22. The van der Waals surface area contributed by atoms with Gasteiger partial charge in [-0.25, -0.2) is 13.6 Å². The molecule has 9 heteroatoms. The highest BCUT2D eigenvalue weighted by Gasteiger charge is 2.61. The molecule has 1 unspecified atom stereocenters. The van der Waals surface area contributed by atoms with Gasteiger partial charge in [-0.2, -0.15) is 0 Å². The highest BCUT2D eigenvalue weighted by atomic mass is 32.2. The summed E-state index contributed by atoms with van der Waals surface area (Å²) in [4.78, 5) is 13.2. The summed E-state index contributed by atoms with van der Waals surface area (Å²) in [6.45, 7) is 4.17. The minimum absolute atomic E-state index is 0.0677. The first-order valence-corrected chi connectivity index (χ1v) is 11.1. The van der Waals surface area contributed by atoms with Crippen LogP contribution in [0, 0.1) is 17.3 Å². The molecule has 0 bridgehead atoms. The monoisotopic (exact) mass is 436 g/mol. The van der Waals surface area contributed by atoms with Crippen LogP contribution in [0.25, 0.3) is 0 Å². The number of primary sulfonamides is 1. The SMILES string of the molecule is COc1cc(OC)c(C(=O)N[C@H]2[C@H](C3C=CC(S(N)(=O)=O)=CC3)C2(C)C)cc1OC. The average Bonchev–Trinajstić information content (AvgIpc) is 3.25. The molecular weight excluding hydrogens is 408 g/mol. The van der Waals surface area contributed by atoms with E-state index in [1.165, 1.54) is 21.3 Å². The number of hydrogen-bond donors (Lipinski definition) is 2. The number of rotatable bonds is 7. The standard InChI is InChI=1S/C21H28N2O6S/c1-21(2)18(12-6-8-13(9-7-12)30(22,25)26)19(21)23-20(24)14-10-16(28-4)17(29-5)11-15(14)27-3/h6,8-12,18-19H,7H2,1-5H3,(H,23,24)(H2,22,25,26)/t12?,18-,19-/m0/s1. The summed E-state index contributed by atoms with van der Waals surface area (Å²) in [5, 5.41) is 8.29. The fourth-order valence-corrected chi connectivity index (χ4v) is 4.87. The third-order valence-electron chi connectivity index (χ3n) is 6.04. The highest BCUT2D eigenvalue weighted by molar-refractivity contribution is 7.93. The molecule has 2 aliphatic carbocycles. The Hall–Kier alpha value is -2.52. The van der Waals surface area contributed by atoms with Crippen LogP contribution < -0.4 is 24.7 Å². The zero-order valence-corrected chi connectivity index (χ0v) is 18.6. The smallest absolute Gasteiger partial charge is 0.255 e. The van der Waals surface area contributed by atoms with Crippen molar-refractivity contribution >= 4 is 15.9 Å². The molecule has 0 radical (unpaired) electrons. The van der Waals surface area contributed by atoms with E-state index >= 15 is 0 Å². The van der Waals surface area contributed by atoms with Crippen LogP contribution in [0.3, 0.4) is 0 Å². The molecule has 3 atom stereocenters. The Morgan fingerprint density at radius 1 is 1.10 bits per heavy atom. The van der Waals surface area contributed by atoms with Crippen molar-refractivity contribution in [2.24, 2.45) is 22.4 Å². The van der Waals surface area contributed by atoms with Gasteiger partial charge in [0.2, 0.25) is 10.0 Å². The number of amides is 1. The van der Waals surface area contributed by atoms with Crippen molar-refractivity contribution < 1.29 is 27.4 Å². The molecule has 0 aromatic heterocycles. The van der Waals surface area contributed by atoms with Gasteiger partial charge in [-0.1, -0.05) is 26.0 Å². The average molecular weight is 437 g/mol. The Morgan fingerprint density at radius 2 is 1.70 bits per heavy atom. The second kappa shape index (κ2) is 7.96. The van der Waals surface area contributed by atoms with Crippen LogP contribution >= 0.6 is 0 Å². The van der Waals surface area contributed by atoms with E-state index in [0.717, 1.165) is 0 Å². The first kappa shape index (κ1) is 22.2. The normalized spacial score (nSPS) is 24.6. The third kappa shape index (κ3) is 4.04. The zero-order valence-electron chi connectivity index (χ0n) is 17.8. The Bertz CT molecular complexity index is 1010. The van der Waals surface area contributed by atoms with Gasteiger partial charge < -0.3 is 19.5 Å². The van der Waals surface area contributed by atoms with Crippen molar-refractivity contribution in [1.82, 2.24) is 5.32 Å². The minimum atomic E-state index is -3.70. The molecular formula is C21H28N2O6S. The summed E-state index contributed by atoms with van der Waals surface area (Å²) in [7, 11) is 0.807. The largest absolute Gasteiger partial charge is 0.496 e. The van der Waals surface area contributed by atoms with E-state index in [-0.39, 0.29) is 34.1 Å². The van der Waals surface area contributed by atoms with Gasteiger partial charge in [0.25, 0.3) is 5.91 Å². The Labute approximate surface area is 177 Å². The topological polar surface area (TPSA) is 117 Å². The molecule has 8 nitrogen and oxygen atoms in total. The molecule has 1 saturated carbocycles. The zero-order chi connectivity index (χ0) is 22.3. The summed E-state index contributed by atoms with van der Waals surface area (Å²) in [6, 6.07) is 3.15. The predicted molar refractivity (Wildman–Crippen MR) is 113 cm³/mol. The number of nitrogens with two attached hydrogens (primary N) is 1. The van der Waals surface area contributed by atoms with Crippen molar-refractivity contribution in [2.75, 3.05) is 21.3 Å². The molecule has 2 aliphatic rings. The quantitative estimate of drug-likeness (QED) is 0.677. The second-order valence-corrected chi connectivity index (χ2v) is 9.68. The maximum absolute atomic E-state index is 13.0. The van der Waals surface area contributed by atoms with E-state index in [2.05, 4.69) is 19.2 Å². The molecule has 164 valence electrons. The Kier molecular flexibility index (Phi) is 5.88. The van der Waals surface area contributed by atoms with Gasteiger partial charge in [0, 0.05) is 18.2 Å². The van der Waals surface area contributed by atoms with E-state index in [1.807, 2.05) is 6.08 Å². The van der Waals surface area contributed by atoms with Crippen LogP contribution in [0.2, 0.25) is 0 Å². The molecule has 1 aromatic rings. The van der Waals surface area contributed by atoms with Crippen LogP contribution in [-0.4, -0.2) is 41.7 Å². The first-order chi connectivity index (χ1) is 14.0. The minimum Gasteiger partial charge on any atom is -0.496 e. The molecule has 3 rings (SSSR count). The maximum atomic E-state index is 13.0. The van der Waals surface area contributed by atoms with Gasteiger partial charge in [0.1, 0.15) is 5.75 Å². The van der Waals surface area contributed by atoms with Gasteiger partial charge in [-0.15, -0.1) is 0 Å². The lowest BCUT2D eigenvalue weighted by Crippen LogP contribution is -2.30. The molecule has 1 aromatic carbocycles. The second-order valence-electron chi connectivity index (χ2n) is 8.12. The van der Waals surface area contributed by atoms with Gasteiger partial charge in [-0.3, -0.25) is 4.79 Å². The number of sulfonamides is 1. The fraction of sp³-hybridized carbons (Fsp3) is 0.476. The van der Waals surface area contributed by atoms with E-state index in [1.54, 1.807) is 24.3 Å². The molecule has 1 fully saturated rings. The Morgan fingerprint density at radius 3 is 2.20 bits per heavy atom. The fourth-order valence-electron chi connectivity index (χ4n) is 4.27. The maximum Gasteiger partial charge on any atom is 0.255 e. The lowest BCUT2D eigenvalue weighted by molar-refractivity contribution is 0.0941. The molecule has 1 amide bonds. The Balaban J connectivity index is 1.77. The number of hydrogen-bond acceptors (Lipinski definition) is 6. The summed E-state index contributed by atoms with van der Waals surface area (Å²) in [5.74, 6) is 1.31. The highest BCUT2D eigenvalue weighted by Crippen LogP contribution is 2.58. The van der Waals surface area contributed by atoms with E-state index in [9.17, 15) is 13.2 Å². The lowest BCUT2D eigenvalue weighted by atomic mass is 9.91. The van der Waals surface area contributed by atoms with Crippen LogP contribution in [0.5, 0.6) is 17.2 Å². The van der Waals surface area contributed by atoms with Gasteiger partial charge in [0.15, 0.2) is 11.5 Å². The first-order valence-electron chi connectivity index (χ1n) is 9.56. The van der Waals surface area contributed by atoms with Gasteiger partial charge >= 0.3 is 0 Å². The number of methoxy groups -OCH3 is 3. The van der Waals surface area contributed by atoms with E-state index < -0.39 is 10.0 Å². The van der Waals surface area contributed by atoms with Crippen molar-refractivity contribution in [3.63, 3.8) is 0 Å². The number of carbonyl (C=O) groups is 1. The van der Waals surface area contributed by atoms with Gasteiger partial charge in [-0.05, 0) is 29.7 Å². The van der Waals surface area contributed by atoms with E-state index in [0.29, 0.717) is 29.2 Å². The number of ether oxygens (including phenoxy) is 3. The summed E-state index contributed by atoms with van der Waals surface area (Å²) < 4.78 is 38.9. The van der Waals surface area contributed by atoms with Crippen molar-refractivity contribution in [1.29, 1.82) is 0 Å². The van der Waals surface area contributed by atoms with E-state index in [4.69, 9.17) is 19.3 Å². The number of nitrogens with one attached hydrogen (secondary N) is 1. The van der Waals surface area contributed by atoms with Crippen molar-refractivity contribution in [2.45, 2.75) is 26.3 Å². The van der Waals surface area contributed by atoms with Crippen LogP contribution in [-0.2, 0) is 10.0 Å². The number of allylic oxidation sites excluding steroid dienone is 3. The number of benzene rings is 1. The molecule has 0 aliphatic heterocycles. The molecule has 0 saturated heterocycles. The van der Waals surface area contributed by atoms with Gasteiger partial charge in [0.05, 0.1) is 31.8 Å².